The summed E-state index contributed by atoms with van der Waals surface area (Å²) in [6, 6.07) is 29.6. The highest BCUT2D eigenvalue weighted by Gasteiger charge is 2.10. The van der Waals surface area contributed by atoms with Crippen molar-refractivity contribution < 1.29 is 9.05 Å². The van der Waals surface area contributed by atoms with E-state index in [2.05, 4.69) is 12.1 Å². The normalized spacial score (nSPS) is 10.8. The van der Waals surface area contributed by atoms with E-state index in [-0.39, 0.29) is 0 Å². The Hall–Kier alpha value is -2.57. The van der Waals surface area contributed by atoms with Gasteiger partial charge in [-0.2, -0.15) is 0 Å². The molecule has 2 nitrogen and oxygen atoms in total. The van der Waals surface area contributed by atoms with E-state index in [1.807, 2.05) is 90.8 Å². The molecule has 0 saturated carbocycles. The van der Waals surface area contributed by atoms with Crippen molar-refractivity contribution in [3.63, 3.8) is 0 Å². The molecule has 3 heteroatoms. The van der Waals surface area contributed by atoms with Crippen LogP contribution >= 0.6 is 8.38 Å². The molecule has 0 spiro atoms. The van der Waals surface area contributed by atoms with Gasteiger partial charge in [0.15, 0.2) is 0 Å². The lowest BCUT2D eigenvalue weighted by atomic mass is 10.2. The molecular formula is C20H17O2P. The summed E-state index contributed by atoms with van der Waals surface area (Å²) in [7, 11) is -1.22. The van der Waals surface area contributed by atoms with Gasteiger partial charge in [0.2, 0.25) is 0 Å². The molecule has 3 rings (SSSR count). The minimum absolute atomic E-state index is 0.798. The van der Waals surface area contributed by atoms with Crippen molar-refractivity contribution in [2.24, 2.45) is 0 Å². The van der Waals surface area contributed by atoms with Crippen LogP contribution in [0, 0.1) is 0 Å². The predicted molar refractivity (Wildman–Crippen MR) is 96.5 cm³/mol. The molecule has 0 aromatic heterocycles. The molecule has 0 radical (unpaired) electrons. The maximum atomic E-state index is 6.00. The van der Waals surface area contributed by atoms with E-state index in [9.17, 15) is 0 Å². The van der Waals surface area contributed by atoms with Crippen molar-refractivity contribution in [2.75, 3.05) is 0 Å². The quantitative estimate of drug-likeness (QED) is 0.509. The molecule has 23 heavy (non-hydrogen) atoms. The summed E-state index contributed by atoms with van der Waals surface area (Å²) in [6.45, 7) is 0. The molecule has 0 atom stereocenters. The lowest BCUT2D eigenvalue weighted by Crippen LogP contribution is -1.93. The third-order valence-electron chi connectivity index (χ3n) is 3.07. The van der Waals surface area contributed by atoms with Crippen LogP contribution in [0.2, 0.25) is 0 Å². The van der Waals surface area contributed by atoms with E-state index in [1.165, 1.54) is 0 Å². The Morgan fingerprint density at radius 1 is 0.565 bits per heavy atom. The van der Waals surface area contributed by atoms with Gasteiger partial charge in [-0.1, -0.05) is 66.7 Å². The summed E-state index contributed by atoms with van der Waals surface area (Å²) in [6.07, 6.45) is 2.03. The van der Waals surface area contributed by atoms with Gasteiger partial charge in [-0.05, 0) is 35.9 Å². The highest BCUT2D eigenvalue weighted by Crippen LogP contribution is 2.42. The molecule has 0 bridgehead atoms. The Morgan fingerprint density at radius 3 is 1.48 bits per heavy atom. The second kappa shape index (κ2) is 8.17. The van der Waals surface area contributed by atoms with Crippen LogP contribution in [-0.4, -0.2) is 0 Å². The van der Waals surface area contributed by atoms with Crippen molar-refractivity contribution in [1.29, 1.82) is 0 Å². The number of benzene rings is 3. The fourth-order valence-corrected chi connectivity index (χ4v) is 3.07. The van der Waals surface area contributed by atoms with Gasteiger partial charge in [-0.3, -0.25) is 0 Å². The fraction of sp³-hybridized carbons (Fsp3) is 0. The van der Waals surface area contributed by atoms with Gasteiger partial charge in [0.1, 0.15) is 11.5 Å². The first-order chi connectivity index (χ1) is 11.4. The van der Waals surface area contributed by atoms with E-state index in [4.69, 9.17) is 9.05 Å². The molecule has 0 amide bonds. The fourth-order valence-electron chi connectivity index (χ4n) is 1.96. The topological polar surface area (TPSA) is 18.5 Å². The Labute approximate surface area is 137 Å². The van der Waals surface area contributed by atoms with Crippen LogP contribution in [0.5, 0.6) is 11.5 Å². The zero-order chi connectivity index (χ0) is 15.7. The summed E-state index contributed by atoms with van der Waals surface area (Å²) >= 11 is 0. The van der Waals surface area contributed by atoms with Crippen LogP contribution in [0.4, 0.5) is 0 Å². The average Bonchev–Trinajstić information content (AvgIpc) is 2.62. The monoisotopic (exact) mass is 320 g/mol. The van der Waals surface area contributed by atoms with Gasteiger partial charge in [0.25, 0.3) is 0 Å². The molecule has 0 aliphatic heterocycles. The Balaban J connectivity index is 1.76. The summed E-state index contributed by atoms with van der Waals surface area (Å²) in [5.74, 6) is 3.57. The van der Waals surface area contributed by atoms with Crippen molar-refractivity contribution in [3.8, 4) is 11.5 Å². The molecule has 0 aliphatic carbocycles. The Kier molecular flexibility index (Phi) is 5.44. The summed E-state index contributed by atoms with van der Waals surface area (Å²) < 4.78 is 12.0. The third kappa shape index (κ3) is 4.98. The molecule has 3 aromatic carbocycles. The first-order valence-electron chi connectivity index (χ1n) is 7.39. The third-order valence-corrected chi connectivity index (χ3v) is 4.24. The van der Waals surface area contributed by atoms with Crippen LogP contribution in [0.15, 0.2) is 96.8 Å². The first-order valence-corrected chi connectivity index (χ1v) is 8.63. The van der Waals surface area contributed by atoms with Crippen molar-refractivity contribution >= 4 is 14.5 Å². The van der Waals surface area contributed by atoms with E-state index in [0.717, 1.165) is 17.1 Å². The average molecular weight is 320 g/mol. The molecule has 0 saturated heterocycles. The lowest BCUT2D eigenvalue weighted by Gasteiger charge is -2.15. The SMILES string of the molecule is C(=C\P(Oc1ccccc1)Oc1ccccc1)/c1ccccc1. The molecular weight excluding hydrogens is 303 g/mol. The van der Waals surface area contributed by atoms with E-state index in [1.54, 1.807) is 0 Å². The first kappa shape index (κ1) is 15.3. The molecule has 0 heterocycles. The largest absolute Gasteiger partial charge is 0.436 e. The van der Waals surface area contributed by atoms with Crippen molar-refractivity contribution in [2.45, 2.75) is 0 Å². The Morgan fingerprint density at radius 2 is 1.00 bits per heavy atom. The molecule has 0 N–H and O–H groups in total. The van der Waals surface area contributed by atoms with Crippen LogP contribution < -0.4 is 9.05 Å². The molecule has 114 valence electrons. The molecule has 0 fully saturated rings. The summed E-state index contributed by atoms with van der Waals surface area (Å²) in [5.41, 5.74) is 1.12. The van der Waals surface area contributed by atoms with Crippen LogP contribution in [-0.2, 0) is 0 Å². The minimum Gasteiger partial charge on any atom is -0.436 e. The van der Waals surface area contributed by atoms with Crippen LogP contribution in [0.25, 0.3) is 6.08 Å². The molecule has 0 unspecified atom stereocenters. The van der Waals surface area contributed by atoms with Gasteiger partial charge in [0.05, 0.1) is 0 Å². The molecule has 0 aliphatic rings. The van der Waals surface area contributed by atoms with Gasteiger partial charge in [-0.15, -0.1) is 0 Å². The van der Waals surface area contributed by atoms with Crippen molar-refractivity contribution in [3.05, 3.63) is 102 Å². The van der Waals surface area contributed by atoms with Crippen LogP contribution in [0.3, 0.4) is 0 Å². The van der Waals surface area contributed by atoms with E-state index < -0.39 is 8.38 Å². The number of hydrogen-bond acceptors (Lipinski definition) is 2. The standard InChI is InChI=1S/C20H17O2P/c1-4-10-18(11-5-1)16-17-23(21-19-12-6-2-7-13-19)22-20-14-8-3-9-15-20/h1-17H/b17-16+. The highest BCUT2D eigenvalue weighted by molar-refractivity contribution is 7.51. The lowest BCUT2D eigenvalue weighted by molar-refractivity contribution is 0.501. The second-order valence-corrected chi connectivity index (χ2v) is 6.05. The summed E-state index contributed by atoms with van der Waals surface area (Å²) in [4.78, 5) is 0. The number of para-hydroxylation sites is 2. The Bertz CT molecular complexity index is 686. The maximum Gasteiger partial charge on any atom is 0.318 e. The zero-order valence-electron chi connectivity index (χ0n) is 12.6. The van der Waals surface area contributed by atoms with Gasteiger partial charge in [0, 0.05) is 5.82 Å². The van der Waals surface area contributed by atoms with Crippen molar-refractivity contribution in [1.82, 2.24) is 0 Å². The second-order valence-electron chi connectivity index (χ2n) is 4.82. The predicted octanol–water partition coefficient (Wildman–Crippen LogP) is 6.13. The van der Waals surface area contributed by atoms with Gasteiger partial charge in [-0.25, -0.2) is 0 Å². The zero-order valence-corrected chi connectivity index (χ0v) is 13.5. The smallest absolute Gasteiger partial charge is 0.318 e. The number of hydrogen-bond donors (Lipinski definition) is 0. The molecule has 3 aromatic rings. The van der Waals surface area contributed by atoms with Crippen LogP contribution in [0.1, 0.15) is 5.56 Å². The van der Waals surface area contributed by atoms with E-state index >= 15 is 0 Å². The number of rotatable bonds is 6. The minimum atomic E-state index is -1.22. The highest BCUT2D eigenvalue weighted by atomic mass is 31.2. The maximum absolute atomic E-state index is 6.00. The van der Waals surface area contributed by atoms with E-state index in [0.29, 0.717) is 0 Å². The summed E-state index contributed by atoms with van der Waals surface area (Å²) in [5, 5.41) is 0. The van der Waals surface area contributed by atoms with Gasteiger partial charge >= 0.3 is 8.38 Å². The van der Waals surface area contributed by atoms with Gasteiger partial charge < -0.3 is 9.05 Å².